The van der Waals surface area contributed by atoms with Gasteiger partial charge in [0.1, 0.15) is 0 Å². The Labute approximate surface area is 62.4 Å². The average Bonchev–Trinajstić information content (AvgIpc) is 2.34. The van der Waals surface area contributed by atoms with Gasteiger partial charge in [-0.3, -0.25) is 0 Å². The Morgan fingerprint density at radius 1 is 1.11 bits per heavy atom. The summed E-state index contributed by atoms with van der Waals surface area (Å²) in [5.74, 6) is 0. The third-order valence-electron chi connectivity index (χ3n) is 3.22. The van der Waals surface area contributed by atoms with Crippen molar-refractivity contribution in [3.8, 4) is 0 Å². The fourth-order valence-electron chi connectivity index (χ4n) is 2.34. The molecule has 0 radical (unpaired) electrons. The first-order chi connectivity index (χ1) is 4.33. The van der Waals surface area contributed by atoms with Gasteiger partial charge in [0.25, 0.3) is 0 Å². The van der Waals surface area contributed by atoms with Crippen molar-refractivity contribution in [3.63, 3.8) is 0 Å². The fraction of sp³-hybridized carbons (Fsp3) is 1.00. The van der Waals surface area contributed by atoms with E-state index in [1.165, 1.54) is 38.5 Å². The lowest BCUT2D eigenvalue weighted by molar-refractivity contribution is 0.158. The van der Waals surface area contributed by atoms with Crippen LogP contribution in [0.1, 0.15) is 38.5 Å². The maximum atomic E-state index is 4.57. The van der Waals surface area contributed by atoms with Crippen LogP contribution >= 0.6 is 12.6 Å². The van der Waals surface area contributed by atoms with E-state index < -0.39 is 0 Å². The minimum absolute atomic E-state index is 0.739. The Bertz CT molecular complexity index is 114. The lowest BCUT2D eigenvalue weighted by Crippen LogP contribution is -2.38. The maximum absolute atomic E-state index is 4.57. The zero-order valence-electron chi connectivity index (χ0n) is 5.77. The van der Waals surface area contributed by atoms with Crippen LogP contribution in [0, 0.1) is 5.41 Å². The largest absolute Gasteiger partial charge is 0.175 e. The molecule has 0 bridgehead atoms. The van der Waals surface area contributed by atoms with Gasteiger partial charge in [-0.15, -0.1) is 0 Å². The van der Waals surface area contributed by atoms with Crippen LogP contribution in [0.3, 0.4) is 0 Å². The molecule has 0 saturated heterocycles. The van der Waals surface area contributed by atoms with E-state index >= 15 is 0 Å². The van der Waals surface area contributed by atoms with Gasteiger partial charge >= 0.3 is 0 Å². The lowest BCUT2D eigenvalue weighted by Gasteiger charge is -2.44. The summed E-state index contributed by atoms with van der Waals surface area (Å²) in [5, 5.41) is 0.764. The summed E-state index contributed by atoms with van der Waals surface area (Å²) in [7, 11) is 0. The first-order valence-electron chi connectivity index (χ1n) is 4.02. The molecule has 0 aromatic heterocycles. The summed E-state index contributed by atoms with van der Waals surface area (Å²) in [4.78, 5) is 0. The molecule has 2 rings (SSSR count). The first kappa shape index (κ1) is 6.09. The van der Waals surface area contributed by atoms with Crippen molar-refractivity contribution >= 4 is 12.6 Å². The Balaban J connectivity index is 2.06. The van der Waals surface area contributed by atoms with Crippen LogP contribution in [-0.4, -0.2) is 5.25 Å². The van der Waals surface area contributed by atoms with Gasteiger partial charge in [0.05, 0.1) is 0 Å². The average molecular weight is 142 g/mol. The highest BCUT2D eigenvalue weighted by Crippen LogP contribution is 2.55. The second kappa shape index (κ2) is 1.91. The smallest absolute Gasteiger partial charge is 0.00734 e. The van der Waals surface area contributed by atoms with Gasteiger partial charge < -0.3 is 0 Å². The van der Waals surface area contributed by atoms with E-state index in [-0.39, 0.29) is 0 Å². The zero-order chi connectivity index (χ0) is 6.32. The quantitative estimate of drug-likeness (QED) is 0.494. The standard InChI is InChI=1S/C8H14S/c9-7-3-6-8(7)4-1-2-5-8/h7,9H,1-6H2. The minimum atomic E-state index is 0.739. The normalized spacial score (nSPS) is 39.0. The Hall–Kier alpha value is 0.350. The van der Waals surface area contributed by atoms with Gasteiger partial charge in [0.2, 0.25) is 0 Å². The molecule has 1 spiro atoms. The molecule has 2 saturated carbocycles. The Kier molecular flexibility index (Phi) is 1.29. The summed E-state index contributed by atoms with van der Waals surface area (Å²) in [6.07, 6.45) is 8.74. The molecule has 1 atom stereocenters. The van der Waals surface area contributed by atoms with E-state index in [0.717, 1.165) is 10.7 Å². The highest BCUT2D eigenvalue weighted by Gasteiger charge is 2.45. The van der Waals surface area contributed by atoms with E-state index in [1.807, 2.05) is 0 Å². The van der Waals surface area contributed by atoms with Crippen LogP contribution in [0.2, 0.25) is 0 Å². The van der Waals surface area contributed by atoms with Gasteiger partial charge in [0, 0.05) is 5.25 Å². The molecule has 0 N–H and O–H groups in total. The second-order valence-corrected chi connectivity index (χ2v) is 4.25. The molecule has 1 heteroatoms. The Morgan fingerprint density at radius 3 is 2.00 bits per heavy atom. The van der Waals surface area contributed by atoms with Crippen LogP contribution in [0.4, 0.5) is 0 Å². The number of thiol groups is 1. The summed E-state index contributed by atoms with van der Waals surface area (Å²) in [6, 6.07) is 0. The number of rotatable bonds is 0. The molecule has 0 amide bonds. The molecule has 2 aliphatic carbocycles. The van der Waals surface area contributed by atoms with Crippen molar-refractivity contribution in [3.05, 3.63) is 0 Å². The molecule has 9 heavy (non-hydrogen) atoms. The summed E-state index contributed by atoms with van der Waals surface area (Å²) in [5.41, 5.74) is 0.739. The predicted molar refractivity (Wildman–Crippen MR) is 42.9 cm³/mol. The van der Waals surface area contributed by atoms with Crippen molar-refractivity contribution in [1.29, 1.82) is 0 Å². The predicted octanol–water partition coefficient (Wildman–Crippen LogP) is 2.64. The van der Waals surface area contributed by atoms with Crippen molar-refractivity contribution in [1.82, 2.24) is 0 Å². The van der Waals surface area contributed by atoms with Gasteiger partial charge in [-0.05, 0) is 31.1 Å². The van der Waals surface area contributed by atoms with Gasteiger partial charge in [-0.25, -0.2) is 0 Å². The topological polar surface area (TPSA) is 0 Å². The van der Waals surface area contributed by atoms with Crippen molar-refractivity contribution in [2.45, 2.75) is 43.8 Å². The summed E-state index contributed by atoms with van der Waals surface area (Å²) < 4.78 is 0. The molecule has 52 valence electrons. The van der Waals surface area contributed by atoms with E-state index in [9.17, 15) is 0 Å². The molecule has 0 nitrogen and oxygen atoms in total. The SMILES string of the molecule is SC1CCC12CCCC2. The van der Waals surface area contributed by atoms with E-state index in [1.54, 1.807) is 0 Å². The molecule has 2 aliphatic rings. The lowest BCUT2D eigenvalue weighted by atomic mass is 9.67. The van der Waals surface area contributed by atoms with Gasteiger partial charge in [0.15, 0.2) is 0 Å². The zero-order valence-corrected chi connectivity index (χ0v) is 6.66. The molecule has 2 fully saturated rings. The molecule has 0 aromatic rings. The molecule has 0 aromatic carbocycles. The van der Waals surface area contributed by atoms with Crippen LogP contribution in [0.25, 0.3) is 0 Å². The molecular formula is C8H14S. The van der Waals surface area contributed by atoms with Crippen molar-refractivity contribution < 1.29 is 0 Å². The third kappa shape index (κ3) is 0.739. The van der Waals surface area contributed by atoms with Crippen LogP contribution < -0.4 is 0 Å². The number of hydrogen-bond donors (Lipinski definition) is 1. The minimum Gasteiger partial charge on any atom is -0.175 e. The monoisotopic (exact) mass is 142 g/mol. The molecule has 0 heterocycles. The van der Waals surface area contributed by atoms with E-state index in [4.69, 9.17) is 0 Å². The number of hydrogen-bond acceptors (Lipinski definition) is 1. The van der Waals surface area contributed by atoms with Gasteiger partial charge in [-0.2, -0.15) is 12.6 Å². The fourth-order valence-corrected chi connectivity index (χ4v) is 2.86. The highest BCUT2D eigenvalue weighted by molar-refractivity contribution is 7.81. The molecule has 0 aliphatic heterocycles. The van der Waals surface area contributed by atoms with Crippen molar-refractivity contribution in [2.24, 2.45) is 5.41 Å². The Morgan fingerprint density at radius 2 is 1.78 bits per heavy atom. The second-order valence-electron chi connectivity index (χ2n) is 3.62. The van der Waals surface area contributed by atoms with Gasteiger partial charge in [-0.1, -0.05) is 12.8 Å². The van der Waals surface area contributed by atoms with Crippen LogP contribution in [-0.2, 0) is 0 Å². The van der Waals surface area contributed by atoms with E-state index in [2.05, 4.69) is 12.6 Å². The maximum Gasteiger partial charge on any atom is 0.00734 e. The third-order valence-corrected chi connectivity index (χ3v) is 4.03. The first-order valence-corrected chi connectivity index (χ1v) is 4.53. The highest BCUT2D eigenvalue weighted by atomic mass is 32.1. The van der Waals surface area contributed by atoms with Crippen LogP contribution in [0.5, 0.6) is 0 Å². The van der Waals surface area contributed by atoms with Crippen LogP contribution in [0.15, 0.2) is 0 Å². The summed E-state index contributed by atoms with van der Waals surface area (Å²) in [6.45, 7) is 0. The molecular weight excluding hydrogens is 128 g/mol. The van der Waals surface area contributed by atoms with E-state index in [0.29, 0.717) is 0 Å². The van der Waals surface area contributed by atoms with Crippen molar-refractivity contribution in [2.75, 3.05) is 0 Å². The molecule has 1 unspecified atom stereocenters. The summed E-state index contributed by atoms with van der Waals surface area (Å²) >= 11 is 4.57.